The third-order valence-corrected chi connectivity index (χ3v) is 2.38. The maximum atomic E-state index is 5.76. The van der Waals surface area contributed by atoms with Crippen molar-refractivity contribution in [2.45, 2.75) is 13.3 Å². The molecule has 0 amide bonds. The molecule has 76 valence electrons. The van der Waals surface area contributed by atoms with Crippen LogP contribution in [0.1, 0.15) is 13.3 Å². The average molecular weight is 256 g/mol. The summed E-state index contributed by atoms with van der Waals surface area (Å²) in [6.07, 6.45) is 8.51. The normalized spacial score (nSPS) is 10.7. The molecule has 1 heterocycles. The molecule has 0 atom stereocenters. The molecule has 1 aromatic rings. The van der Waals surface area contributed by atoms with E-state index in [9.17, 15) is 0 Å². The summed E-state index contributed by atoms with van der Waals surface area (Å²) in [6, 6.07) is 0. The van der Waals surface area contributed by atoms with E-state index in [2.05, 4.69) is 32.3 Å². The van der Waals surface area contributed by atoms with Gasteiger partial charge in [-0.15, -0.1) is 0 Å². The van der Waals surface area contributed by atoms with Gasteiger partial charge in [0.2, 0.25) is 0 Å². The number of hydrogen-bond donors (Lipinski definition) is 2. The zero-order chi connectivity index (χ0) is 10.4. The Labute approximate surface area is 92.5 Å². The van der Waals surface area contributed by atoms with E-state index in [0.717, 1.165) is 23.1 Å². The predicted octanol–water partition coefficient (Wildman–Crippen LogP) is 2.80. The minimum absolute atomic E-state index is 0.667. The highest BCUT2D eigenvalue weighted by atomic mass is 79.9. The van der Waals surface area contributed by atoms with Gasteiger partial charge in [-0.25, -0.2) is 0 Å². The van der Waals surface area contributed by atoms with Crippen molar-refractivity contribution in [2.75, 3.05) is 17.6 Å². The van der Waals surface area contributed by atoms with Gasteiger partial charge in [-0.1, -0.05) is 12.2 Å². The molecule has 0 saturated heterocycles. The summed E-state index contributed by atoms with van der Waals surface area (Å²) in [5.41, 5.74) is 7.35. The van der Waals surface area contributed by atoms with Crippen molar-refractivity contribution in [1.82, 2.24) is 4.98 Å². The molecule has 0 aromatic carbocycles. The summed E-state index contributed by atoms with van der Waals surface area (Å²) in [5, 5.41) is 3.25. The summed E-state index contributed by atoms with van der Waals surface area (Å²) >= 11 is 3.39. The second kappa shape index (κ2) is 5.65. The highest BCUT2D eigenvalue weighted by Crippen LogP contribution is 2.26. The van der Waals surface area contributed by atoms with Crippen molar-refractivity contribution in [3.63, 3.8) is 0 Å². The molecule has 1 aromatic heterocycles. The van der Waals surface area contributed by atoms with Crippen molar-refractivity contribution in [2.24, 2.45) is 0 Å². The van der Waals surface area contributed by atoms with Gasteiger partial charge in [0.1, 0.15) is 0 Å². The smallest absolute Gasteiger partial charge is 0.0750 e. The van der Waals surface area contributed by atoms with Crippen molar-refractivity contribution in [3.05, 3.63) is 29.0 Å². The maximum Gasteiger partial charge on any atom is 0.0750 e. The number of pyridine rings is 1. The van der Waals surface area contributed by atoms with E-state index in [1.807, 2.05) is 13.0 Å². The Bertz CT molecular complexity index is 303. The molecule has 3 N–H and O–H groups in total. The van der Waals surface area contributed by atoms with Crippen LogP contribution in [-0.4, -0.2) is 11.5 Å². The van der Waals surface area contributed by atoms with Crippen LogP contribution < -0.4 is 11.1 Å². The molecule has 0 fully saturated rings. The molecule has 0 spiro atoms. The van der Waals surface area contributed by atoms with E-state index in [0.29, 0.717) is 5.69 Å². The number of aromatic nitrogens is 1. The molecule has 1 rings (SSSR count). The van der Waals surface area contributed by atoms with Gasteiger partial charge in [-0.05, 0) is 29.3 Å². The quantitative estimate of drug-likeness (QED) is 0.643. The number of nitrogens with zero attached hydrogens (tertiary/aromatic N) is 1. The topological polar surface area (TPSA) is 50.9 Å². The summed E-state index contributed by atoms with van der Waals surface area (Å²) in [7, 11) is 0. The molecule has 0 aliphatic rings. The third-order valence-electron chi connectivity index (χ3n) is 1.78. The largest absolute Gasteiger partial charge is 0.396 e. The average Bonchev–Trinajstić information content (AvgIpc) is 2.16. The lowest BCUT2D eigenvalue weighted by Crippen LogP contribution is -2.04. The van der Waals surface area contributed by atoms with E-state index < -0.39 is 0 Å². The summed E-state index contributed by atoms with van der Waals surface area (Å²) < 4.78 is 0.901. The van der Waals surface area contributed by atoms with Gasteiger partial charge in [0.15, 0.2) is 0 Å². The molecule has 14 heavy (non-hydrogen) atoms. The lowest BCUT2D eigenvalue weighted by molar-refractivity contribution is 1.06. The first-order chi connectivity index (χ1) is 6.75. The van der Waals surface area contributed by atoms with Crippen LogP contribution in [0.3, 0.4) is 0 Å². The zero-order valence-electron chi connectivity index (χ0n) is 8.13. The maximum absolute atomic E-state index is 5.76. The standard InChI is InChI=1S/C10H14BrN3/c1-2-3-4-5-14-10-8(11)6-13-7-9(10)12/h2-3,6-7H,4-5,12H2,1H3,(H,13,14)/b3-2+. The number of hydrogen-bond acceptors (Lipinski definition) is 3. The first-order valence-electron chi connectivity index (χ1n) is 4.49. The monoisotopic (exact) mass is 255 g/mol. The molecule has 3 nitrogen and oxygen atoms in total. The van der Waals surface area contributed by atoms with Crippen LogP contribution in [0.5, 0.6) is 0 Å². The number of halogens is 1. The SMILES string of the molecule is C/C=C/CCNc1c(N)cncc1Br. The summed E-state index contributed by atoms with van der Waals surface area (Å²) in [6.45, 7) is 2.88. The minimum Gasteiger partial charge on any atom is -0.396 e. The highest BCUT2D eigenvalue weighted by Gasteiger charge is 2.02. The zero-order valence-corrected chi connectivity index (χ0v) is 9.71. The van der Waals surface area contributed by atoms with Gasteiger partial charge in [0.05, 0.1) is 22.0 Å². The number of nitrogens with two attached hydrogens (primary N) is 1. The van der Waals surface area contributed by atoms with Gasteiger partial charge >= 0.3 is 0 Å². The minimum atomic E-state index is 0.667. The fraction of sp³-hybridized carbons (Fsp3) is 0.300. The number of rotatable bonds is 4. The van der Waals surface area contributed by atoms with E-state index in [4.69, 9.17) is 5.73 Å². The van der Waals surface area contributed by atoms with Crippen molar-refractivity contribution >= 4 is 27.3 Å². The molecule has 0 saturated carbocycles. The molecule has 4 heteroatoms. The molecular formula is C10H14BrN3. The van der Waals surface area contributed by atoms with E-state index in [1.54, 1.807) is 12.4 Å². The molecule has 0 unspecified atom stereocenters. The second-order valence-electron chi connectivity index (χ2n) is 2.87. The number of anilines is 2. The van der Waals surface area contributed by atoms with Gasteiger partial charge in [0, 0.05) is 12.7 Å². The van der Waals surface area contributed by atoms with E-state index in [-0.39, 0.29) is 0 Å². The first kappa shape index (κ1) is 11.0. The van der Waals surface area contributed by atoms with Gasteiger partial charge in [-0.2, -0.15) is 0 Å². The van der Waals surface area contributed by atoms with Crippen LogP contribution in [0.25, 0.3) is 0 Å². The molecule has 0 aliphatic heterocycles. The lowest BCUT2D eigenvalue weighted by atomic mass is 10.3. The van der Waals surface area contributed by atoms with Crippen molar-refractivity contribution in [1.29, 1.82) is 0 Å². The predicted molar refractivity (Wildman–Crippen MR) is 64.3 cm³/mol. The highest BCUT2D eigenvalue weighted by molar-refractivity contribution is 9.10. The van der Waals surface area contributed by atoms with Crippen LogP contribution in [-0.2, 0) is 0 Å². The lowest BCUT2D eigenvalue weighted by Gasteiger charge is -2.09. The van der Waals surface area contributed by atoms with Gasteiger partial charge in [0.25, 0.3) is 0 Å². The fourth-order valence-corrected chi connectivity index (χ4v) is 1.57. The van der Waals surface area contributed by atoms with E-state index in [1.165, 1.54) is 0 Å². The van der Waals surface area contributed by atoms with Gasteiger partial charge < -0.3 is 11.1 Å². The fourth-order valence-electron chi connectivity index (χ4n) is 1.08. The van der Waals surface area contributed by atoms with Crippen LogP contribution in [0, 0.1) is 0 Å². The Morgan fingerprint density at radius 2 is 2.36 bits per heavy atom. The Hall–Kier alpha value is -1.03. The van der Waals surface area contributed by atoms with Gasteiger partial charge in [-0.3, -0.25) is 4.98 Å². The number of nitrogen functional groups attached to an aromatic ring is 1. The Balaban J connectivity index is 2.57. The van der Waals surface area contributed by atoms with Crippen LogP contribution in [0.4, 0.5) is 11.4 Å². The third kappa shape index (κ3) is 3.03. The Morgan fingerprint density at radius 3 is 3.00 bits per heavy atom. The Kier molecular flexibility index (Phi) is 4.46. The van der Waals surface area contributed by atoms with Crippen LogP contribution in [0.2, 0.25) is 0 Å². The van der Waals surface area contributed by atoms with Crippen LogP contribution >= 0.6 is 15.9 Å². The Morgan fingerprint density at radius 1 is 1.57 bits per heavy atom. The molecule has 0 radical (unpaired) electrons. The number of allylic oxidation sites excluding steroid dienone is 1. The summed E-state index contributed by atoms with van der Waals surface area (Å²) in [4.78, 5) is 3.96. The van der Waals surface area contributed by atoms with Crippen molar-refractivity contribution in [3.8, 4) is 0 Å². The summed E-state index contributed by atoms with van der Waals surface area (Å²) in [5.74, 6) is 0. The van der Waals surface area contributed by atoms with E-state index >= 15 is 0 Å². The first-order valence-corrected chi connectivity index (χ1v) is 5.29. The van der Waals surface area contributed by atoms with Crippen LogP contribution in [0.15, 0.2) is 29.0 Å². The van der Waals surface area contributed by atoms with Crippen molar-refractivity contribution < 1.29 is 0 Å². The molecule has 0 aliphatic carbocycles. The number of nitrogens with one attached hydrogen (secondary N) is 1. The molecule has 0 bridgehead atoms. The molecular weight excluding hydrogens is 242 g/mol. The second-order valence-corrected chi connectivity index (χ2v) is 3.72.